The highest BCUT2D eigenvalue weighted by atomic mass is 19.1. The fourth-order valence-electron chi connectivity index (χ4n) is 2.76. The van der Waals surface area contributed by atoms with Gasteiger partial charge in [0.05, 0.1) is 18.9 Å². The van der Waals surface area contributed by atoms with Crippen molar-refractivity contribution in [3.63, 3.8) is 0 Å². The van der Waals surface area contributed by atoms with Crippen LogP contribution in [-0.4, -0.2) is 32.2 Å². The van der Waals surface area contributed by atoms with Crippen molar-refractivity contribution in [1.29, 1.82) is 0 Å². The van der Waals surface area contributed by atoms with Crippen molar-refractivity contribution >= 4 is 17.3 Å². The van der Waals surface area contributed by atoms with E-state index in [-0.39, 0.29) is 18.0 Å². The minimum atomic E-state index is -0.775. The SMILES string of the molecule is O=C(CCc1ccc(N2CCOCC2)cc1)Nc1ccc(F)cc1F. The first kappa shape index (κ1) is 17.4. The van der Waals surface area contributed by atoms with E-state index in [1.807, 2.05) is 24.3 Å². The van der Waals surface area contributed by atoms with Crippen LogP contribution in [0.5, 0.6) is 0 Å². The van der Waals surface area contributed by atoms with Crippen LogP contribution in [0.2, 0.25) is 0 Å². The minimum absolute atomic E-state index is 0.00550. The third-order valence-corrected chi connectivity index (χ3v) is 4.16. The molecule has 2 aromatic rings. The molecule has 1 saturated heterocycles. The van der Waals surface area contributed by atoms with Crippen molar-refractivity contribution in [1.82, 2.24) is 0 Å². The molecular formula is C19H20F2N2O2. The first-order valence-electron chi connectivity index (χ1n) is 8.28. The summed E-state index contributed by atoms with van der Waals surface area (Å²) < 4.78 is 31.7. The van der Waals surface area contributed by atoms with Gasteiger partial charge in [-0.2, -0.15) is 0 Å². The minimum Gasteiger partial charge on any atom is -0.378 e. The zero-order valence-electron chi connectivity index (χ0n) is 13.8. The maximum absolute atomic E-state index is 13.5. The largest absolute Gasteiger partial charge is 0.378 e. The van der Waals surface area contributed by atoms with Crippen LogP contribution in [0.25, 0.3) is 0 Å². The zero-order valence-corrected chi connectivity index (χ0v) is 13.8. The van der Waals surface area contributed by atoms with Gasteiger partial charge in [-0.15, -0.1) is 0 Å². The molecule has 1 fully saturated rings. The van der Waals surface area contributed by atoms with E-state index >= 15 is 0 Å². The molecule has 1 heterocycles. The van der Waals surface area contributed by atoms with Crippen molar-refractivity contribution in [3.05, 3.63) is 59.7 Å². The van der Waals surface area contributed by atoms with E-state index in [9.17, 15) is 13.6 Å². The summed E-state index contributed by atoms with van der Waals surface area (Å²) in [7, 11) is 0. The standard InChI is InChI=1S/C19H20F2N2O2/c20-15-4-7-18(17(21)13-15)22-19(24)8-3-14-1-5-16(6-2-14)23-9-11-25-12-10-23/h1-2,4-7,13H,3,8-12H2,(H,22,24). The van der Waals surface area contributed by atoms with E-state index in [4.69, 9.17) is 4.74 Å². The molecule has 0 saturated carbocycles. The van der Waals surface area contributed by atoms with Crippen molar-refractivity contribution in [3.8, 4) is 0 Å². The summed E-state index contributed by atoms with van der Waals surface area (Å²) in [6.07, 6.45) is 0.783. The third-order valence-electron chi connectivity index (χ3n) is 4.16. The fraction of sp³-hybridized carbons (Fsp3) is 0.316. The van der Waals surface area contributed by atoms with Crippen molar-refractivity contribution in [2.24, 2.45) is 0 Å². The number of nitrogens with zero attached hydrogens (tertiary/aromatic N) is 1. The topological polar surface area (TPSA) is 41.6 Å². The molecule has 2 aromatic carbocycles. The number of hydrogen-bond donors (Lipinski definition) is 1. The Morgan fingerprint density at radius 2 is 1.80 bits per heavy atom. The lowest BCUT2D eigenvalue weighted by Crippen LogP contribution is -2.36. The van der Waals surface area contributed by atoms with E-state index in [0.717, 1.165) is 49.7 Å². The number of amides is 1. The van der Waals surface area contributed by atoms with E-state index < -0.39 is 11.6 Å². The van der Waals surface area contributed by atoms with Gasteiger partial charge in [-0.3, -0.25) is 4.79 Å². The number of rotatable bonds is 5. The molecule has 6 heteroatoms. The monoisotopic (exact) mass is 346 g/mol. The summed E-state index contributed by atoms with van der Waals surface area (Å²) in [5.41, 5.74) is 2.17. The molecule has 0 aliphatic carbocycles. The summed E-state index contributed by atoms with van der Waals surface area (Å²) in [4.78, 5) is 14.2. The smallest absolute Gasteiger partial charge is 0.224 e. The van der Waals surface area contributed by atoms with Crippen molar-refractivity contribution in [2.45, 2.75) is 12.8 Å². The Morgan fingerprint density at radius 3 is 2.48 bits per heavy atom. The van der Waals surface area contributed by atoms with Crippen LogP contribution in [0.4, 0.5) is 20.2 Å². The Hall–Kier alpha value is -2.47. The molecule has 0 spiro atoms. The van der Waals surface area contributed by atoms with E-state index in [1.54, 1.807) is 0 Å². The Balaban J connectivity index is 1.51. The molecule has 1 amide bonds. The predicted octanol–water partition coefficient (Wildman–Crippen LogP) is 3.37. The fourth-order valence-corrected chi connectivity index (χ4v) is 2.76. The third kappa shape index (κ3) is 4.76. The van der Waals surface area contributed by atoms with Crippen LogP contribution >= 0.6 is 0 Å². The molecule has 1 aliphatic heterocycles. The summed E-state index contributed by atoms with van der Waals surface area (Å²) >= 11 is 0. The van der Waals surface area contributed by atoms with Crippen LogP contribution in [0.1, 0.15) is 12.0 Å². The molecule has 0 bridgehead atoms. The summed E-state index contributed by atoms with van der Waals surface area (Å²) in [5, 5.41) is 2.47. The number of anilines is 2. The number of benzene rings is 2. The van der Waals surface area contributed by atoms with Crippen molar-refractivity contribution < 1.29 is 18.3 Å². The number of hydrogen-bond acceptors (Lipinski definition) is 3. The van der Waals surface area contributed by atoms with Gasteiger partial charge in [0.2, 0.25) is 5.91 Å². The van der Waals surface area contributed by atoms with E-state index in [1.165, 1.54) is 6.07 Å². The van der Waals surface area contributed by atoms with Gasteiger partial charge >= 0.3 is 0 Å². The van der Waals surface area contributed by atoms with Crippen LogP contribution in [0.3, 0.4) is 0 Å². The Bertz CT molecular complexity index is 729. The lowest BCUT2D eigenvalue weighted by molar-refractivity contribution is -0.116. The first-order chi connectivity index (χ1) is 12.1. The second-order valence-electron chi connectivity index (χ2n) is 5.94. The van der Waals surface area contributed by atoms with Gasteiger partial charge in [0, 0.05) is 31.3 Å². The van der Waals surface area contributed by atoms with Crippen molar-refractivity contribution in [2.75, 3.05) is 36.5 Å². The molecular weight excluding hydrogens is 326 g/mol. The number of carbonyl (C=O) groups is 1. The lowest BCUT2D eigenvalue weighted by Gasteiger charge is -2.28. The Labute approximate surface area is 145 Å². The van der Waals surface area contributed by atoms with Crippen LogP contribution in [-0.2, 0) is 16.0 Å². The maximum Gasteiger partial charge on any atom is 0.224 e. The summed E-state index contributed by atoms with van der Waals surface area (Å²) in [5.74, 6) is -1.75. The quantitative estimate of drug-likeness (QED) is 0.902. The van der Waals surface area contributed by atoms with E-state index in [2.05, 4.69) is 10.2 Å². The van der Waals surface area contributed by atoms with Crippen LogP contribution in [0.15, 0.2) is 42.5 Å². The van der Waals surface area contributed by atoms with Gasteiger partial charge in [0.15, 0.2) is 0 Å². The van der Waals surface area contributed by atoms with Gasteiger partial charge in [-0.1, -0.05) is 12.1 Å². The Kier molecular flexibility index (Phi) is 5.60. The molecule has 132 valence electrons. The van der Waals surface area contributed by atoms with Crippen LogP contribution < -0.4 is 10.2 Å². The van der Waals surface area contributed by atoms with Crippen LogP contribution in [0, 0.1) is 11.6 Å². The molecule has 1 aliphatic rings. The number of morpholine rings is 1. The van der Waals surface area contributed by atoms with Gasteiger partial charge in [0.1, 0.15) is 11.6 Å². The average molecular weight is 346 g/mol. The lowest BCUT2D eigenvalue weighted by atomic mass is 10.1. The average Bonchev–Trinajstić information content (AvgIpc) is 2.63. The predicted molar refractivity (Wildman–Crippen MR) is 92.8 cm³/mol. The second kappa shape index (κ2) is 8.07. The Morgan fingerprint density at radius 1 is 1.08 bits per heavy atom. The normalized spacial score (nSPS) is 14.4. The number of carbonyl (C=O) groups excluding carboxylic acids is 1. The van der Waals surface area contributed by atoms with Gasteiger partial charge in [0.25, 0.3) is 0 Å². The molecule has 25 heavy (non-hydrogen) atoms. The number of aryl methyl sites for hydroxylation is 1. The molecule has 0 unspecified atom stereocenters. The molecule has 3 rings (SSSR count). The molecule has 0 radical (unpaired) electrons. The number of halogens is 2. The first-order valence-corrected chi connectivity index (χ1v) is 8.28. The molecule has 0 aromatic heterocycles. The highest BCUT2D eigenvalue weighted by molar-refractivity contribution is 5.90. The molecule has 1 N–H and O–H groups in total. The number of nitrogens with one attached hydrogen (secondary N) is 1. The zero-order chi connectivity index (χ0) is 17.6. The second-order valence-corrected chi connectivity index (χ2v) is 5.94. The van der Waals surface area contributed by atoms with Gasteiger partial charge < -0.3 is 15.0 Å². The molecule has 0 atom stereocenters. The summed E-state index contributed by atoms with van der Waals surface area (Å²) in [6, 6.07) is 11.2. The summed E-state index contributed by atoms with van der Waals surface area (Å²) in [6.45, 7) is 3.24. The number of ether oxygens (including phenoxy) is 1. The van der Waals surface area contributed by atoms with Gasteiger partial charge in [-0.05, 0) is 36.2 Å². The highest BCUT2D eigenvalue weighted by Gasteiger charge is 2.11. The molecule has 4 nitrogen and oxygen atoms in total. The maximum atomic E-state index is 13.5. The van der Waals surface area contributed by atoms with E-state index in [0.29, 0.717) is 6.42 Å². The van der Waals surface area contributed by atoms with Gasteiger partial charge in [-0.25, -0.2) is 8.78 Å². The highest BCUT2D eigenvalue weighted by Crippen LogP contribution is 2.18.